The normalized spacial score (nSPS) is 21.0. The lowest BCUT2D eigenvalue weighted by atomic mass is 9.58. The molecule has 0 heterocycles. The Kier molecular flexibility index (Phi) is 13.2. The van der Waals surface area contributed by atoms with E-state index in [1.54, 1.807) is 26.1 Å². The highest BCUT2D eigenvalue weighted by Gasteiger charge is 2.53. The fraction of sp³-hybridized carbons (Fsp3) is 0.895. The number of hydrogen-bond donors (Lipinski definition) is 2. The molecule has 0 aliphatic heterocycles. The molecule has 0 spiro atoms. The largest absolute Gasteiger partial charge is 0.382 e. The van der Waals surface area contributed by atoms with Gasteiger partial charge in [-0.25, -0.2) is 4.99 Å². The van der Waals surface area contributed by atoms with Gasteiger partial charge in [0.15, 0.2) is 5.96 Å². The first kappa shape index (κ1) is 26.4. The summed E-state index contributed by atoms with van der Waals surface area (Å²) < 4.78 is 11.1. The molecule has 1 aliphatic rings. The van der Waals surface area contributed by atoms with Crippen molar-refractivity contribution in [3.63, 3.8) is 0 Å². The molecular weight excluding hydrogens is 459 g/mol. The first-order valence-corrected chi connectivity index (χ1v) is 9.80. The molecule has 0 radical (unpaired) electrons. The Bertz CT molecular complexity index is 456. The Balaban J connectivity index is 0.00000676. The summed E-state index contributed by atoms with van der Waals surface area (Å²) in [4.78, 5) is 17.9. The summed E-state index contributed by atoms with van der Waals surface area (Å²) in [6, 6.07) is 0.301. The van der Waals surface area contributed by atoms with Crippen molar-refractivity contribution < 1.29 is 14.3 Å². The lowest BCUT2D eigenvalue weighted by Crippen LogP contribution is -2.65. The van der Waals surface area contributed by atoms with E-state index in [1.807, 2.05) is 6.92 Å². The highest BCUT2D eigenvalue weighted by atomic mass is 127. The predicted octanol–water partition coefficient (Wildman–Crippen LogP) is 2.25. The molecule has 8 heteroatoms. The van der Waals surface area contributed by atoms with Crippen LogP contribution in [-0.2, 0) is 14.3 Å². The predicted molar refractivity (Wildman–Crippen MR) is 121 cm³/mol. The van der Waals surface area contributed by atoms with Crippen LogP contribution in [0.15, 0.2) is 4.99 Å². The summed E-state index contributed by atoms with van der Waals surface area (Å²) in [6.45, 7) is 8.76. The van der Waals surface area contributed by atoms with E-state index < -0.39 is 0 Å². The van der Waals surface area contributed by atoms with Crippen LogP contribution in [0.5, 0.6) is 0 Å². The van der Waals surface area contributed by atoms with Crippen molar-refractivity contribution in [3.05, 3.63) is 0 Å². The van der Waals surface area contributed by atoms with Gasteiger partial charge < -0.3 is 25.0 Å². The summed E-state index contributed by atoms with van der Waals surface area (Å²) in [6.07, 6.45) is 4.23. The van der Waals surface area contributed by atoms with Gasteiger partial charge in [0, 0.05) is 52.4 Å². The van der Waals surface area contributed by atoms with Crippen LogP contribution in [0.25, 0.3) is 0 Å². The molecule has 7 nitrogen and oxygen atoms in total. The second-order valence-electron chi connectivity index (χ2n) is 7.03. The molecule has 0 aromatic heterocycles. The average molecular weight is 498 g/mol. The number of hydrogen-bond acceptors (Lipinski definition) is 4. The maximum Gasteiger partial charge on any atom is 0.243 e. The van der Waals surface area contributed by atoms with E-state index in [2.05, 4.69) is 29.5 Å². The molecular formula is C19H39IN4O3. The Morgan fingerprint density at radius 3 is 2.44 bits per heavy atom. The minimum atomic E-state index is -0.0129. The summed E-state index contributed by atoms with van der Waals surface area (Å²) in [5.41, 5.74) is 0.119. The van der Waals surface area contributed by atoms with Crippen LogP contribution in [0, 0.1) is 5.41 Å². The molecule has 1 rings (SSSR count). The average Bonchev–Trinajstić information content (AvgIpc) is 2.62. The maximum absolute atomic E-state index is 11.9. The topological polar surface area (TPSA) is 75.2 Å². The van der Waals surface area contributed by atoms with Gasteiger partial charge in [-0.1, -0.05) is 13.8 Å². The van der Waals surface area contributed by atoms with Gasteiger partial charge in [-0.05, 0) is 32.6 Å². The molecule has 2 unspecified atom stereocenters. The van der Waals surface area contributed by atoms with Gasteiger partial charge in [-0.3, -0.25) is 4.79 Å². The molecule has 2 N–H and O–H groups in total. The number of halogens is 1. The third-order valence-electron chi connectivity index (χ3n) is 5.53. The minimum absolute atomic E-state index is 0. The Labute approximate surface area is 182 Å². The number of carbonyl (C=O) groups is 1. The van der Waals surface area contributed by atoms with E-state index in [0.29, 0.717) is 12.0 Å². The number of amides is 1. The van der Waals surface area contributed by atoms with Gasteiger partial charge in [0.25, 0.3) is 0 Å². The lowest BCUT2D eigenvalue weighted by Gasteiger charge is -2.55. The molecule has 2 atom stereocenters. The van der Waals surface area contributed by atoms with Crippen molar-refractivity contribution in [2.75, 3.05) is 47.5 Å². The fourth-order valence-electron chi connectivity index (χ4n) is 3.61. The maximum atomic E-state index is 11.9. The van der Waals surface area contributed by atoms with Crippen LogP contribution >= 0.6 is 24.0 Å². The number of nitrogens with zero attached hydrogens (tertiary/aromatic N) is 2. The number of aliphatic imine (C=N–C) groups is 1. The van der Waals surface area contributed by atoms with Crippen LogP contribution in [0.3, 0.4) is 0 Å². The molecule has 1 amide bonds. The number of rotatable bonds is 11. The zero-order valence-electron chi connectivity index (χ0n) is 17.8. The number of guanidine groups is 1. The van der Waals surface area contributed by atoms with Gasteiger partial charge in [-0.15, -0.1) is 24.0 Å². The number of carbonyl (C=O) groups excluding carboxylic acids is 1. The van der Waals surface area contributed by atoms with Crippen molar-refractivity contribution in [1.29, 1.82) is 0 Å². The molecule has 1 saturated carbocycles. The standard InChI is InChI=1S/C19H38N4O3.HI/c1-7-19(8-2)15(13-16(19)25-6)22-18(20-11-10-12-26-9-3)21-14-17(24)23(4)5;/h15-16H,7-14H2,1-6H3,(H2,20,21,22);1H. The molecule has 0 bridgehead atoms. The number of methoxy groups -OCH3 is 1. The lowest BCUT2D eigenvalue weighted by molar-refractivity contribution is -0.127. The van der Waals surface area contributed by atoms with Crippen molar-refractivity contribution in [2.24, 2.45) is 10.4 Å². The van der Waals surface area contributed by atoms with Crippen molar-refractivity contribution in [1.82, 2.24) is 15.5 Å². The van der Waals surface area contributed by atoms with Crippen LogP contribution in [0.2, 0.25) is 0 Å². The van der Waals surface area contributed by atoms with E-state index in [1.165, 1.54) is 0 Å². The zero-order chi connectivity index (χ0) is 19.6. The molecule has 0 aromatic rings. The summed E-state index contributed by atoms with van der Waals surface area (Å²) in [5.74, 6) is 0.684. The third-order valence-corrected chi connectivity index (χ3v) is 5.53. The third kappa shape index (κ3) is 7.38. The number of ether oxygens (including phenoxy) is 2. The van der Waals surface area contributed by atoms with Gasteiger partial charge in [0.05, 0.1) is 6.10 Å². The second-order valence-corrected chi connectivity index (χ2v) is 7.03. The molecule has 0 saturated heterocycles. The highest BCUT2D eigenvalue weighted by molar-refractivity contribution is 14.0. The van der Waals surface area contributed by atoms with E-state index >= 15 is 0 Å². The van der Waals surface area contributed by atoms with E-state index in [-0.39, 0.29) is 47.9 Å². The van der Waals surface area contributed by atoms with Crippen LogP contribution in [0.4, 0.5) is 0 Å². The zero-order valence-corrected chi connectivity index (χ0v) is 20.2. The van der Waals surface area contributed by atoms with Gasteiger partial charge in [0.1, 0.15) is 6.54 Å². The highest BCUT2D eigenvalue weighted by Crippen LogP contribution is 2.48. The summed E-state index contributed by atoms with van der Waals surface area (Å²) >= 11 is 0. The van der Waals surface area contributed by atoms with E-state index in [4.69, 9.17) is 9.47 Å². The quantitative estimate of drug-likeness (QED) is 0.198. The molecule has 27 heavy (non-hydrogen) atoms. The SMILES string of the molecule is CCOCCCNC(=NCC(=O)N(C)C)NC1CC(OC)C1(CC)CC.I. The molecule has 1 fully saturated rings. The molecule has 0 aromatic carbocycles. The number of likely N-dealkylation sites (N-methyl/N-ethyl adjacent to an activating group) is 1. The monoisotopic (exact) mass is 498 g/mol. The Hall–Kier alpha value is -0.610. The summed E-state index contributed by atoms with van der Waals surface area (Å²) in [7, 11) is 5.28. The van der Waals surface area contributed by atoms with E-state index in [9.17, 15) is 4.79 Å². The fourth-order valence-corrected chi connectivity index (χ4v) is 3.61. The smallest absolute Gasteiger partial charge is 0.243 e. The Morgan fingerprint density at radius 1 is 1.26 bits per heavy atom. The second kappa shape index (κ2) is 13.5. The molecule has 1 aliphatic carbocycles. The number of nitrogens with one attached hydrogen (secondary N) is 2. The van der Waals surface area contributed by atoms with Crippen molar-refractivity contribution >= 4 is 35.8 Å². The van der Waals surface area contributed by atoms with Gasteiger partial charge in [0.2, 0.25) is 5.91 Å². The van der Waals surface area contributed by atoms with Crippen molar-refractivity contribution in [3.8, 4) is 0 Å². The molecule has 160 valence electrons. The van der Waals surface area contributed by atoms with Crippen LogP contribution in [0.1, 0.15) is 46.5 Å². The van der Waals surface area contributed by atoms with Gasteiger partial charge in [-0.2, -0.15) is 0 Å². The first-order valence-electron chi connectivity index (χ1n) is 9.80. The first-order chi connectivity index (χ1) is 12.4. The minimum Gasteiger partial charge on any atom is -0.382 e. The van der Waals surface area contributed by atoms with Gasteiger partial charge >= 0.3 is 0 Å². The van der Waals surface area contributed by atoms with Crippen LogP contribution in [-0.4, -0.2) is 76.4 Å². The summed E-state index contributed by atoms with van der Waals surface area (Å²) in [5, 5.41) is 6.88. The van der Waals surface area contributed by atoms with Crippen molar-refractivity contribution in [2.45, 2.75) is 58.6 Å². The Morgan fingerprint density at radius 2 is 1.93 bits per heavy atom. The van der Waals surface area contributed by atoms with E-state index in [0.717, 1.165) is 45.4 Å². The van der Waals surface area contributed by atoms with Crippen LogP contribution < -0.4 is 10.6 Å².